The summed E-state index contributed by atoms with van der Waals surface area (Å²) in [6.07, 6.45) is 0.769. The van der Waals surface area contributed by atoms with Crippen molar-refractivity contribution < 1.29 is 14.5 Å². The summed E-state index contributed by atoms with van der Waals surface area (Å²) in [5.41, 5.74) is 1.13. The molecule has 8 nitrogen and oxygen atoms in total. The van der Waals surface area contributed by atoms with Crippen molar-refractivity contribution in [1.29, 1.82) is 0 Å². The fourth-order valence-corrected chi connectivity index (χ4v) is 3.86. The standard InChI is InChI=1S/C20H22N4O4S.ClH/c1-22(2)11-4-12-23(19(25)14-5-7-15(8-6-14)24(26)27)20-21-17-10-9-16(28-3)13-18(17)29-20;/h5-10,13H,4,11-12H2,1-3H3;1H. The van der Waals surface area contributed by atoms with Crippen molar-refractivity contribution in [1.82, 2.24) is 9.88 Å². The predicted molar refractivity (Wildman–Crippen MR) is 121 cm³/mol. The van der Waals surface area contributed by atoms with Gasteiger partial charge in [0.25, 0.3) is 11.6 Å². The highest BCUT2D eigenvalue weighted by atomic mass is 35.5. The van der Waals surface area contributed by atoms with E-state index in [0.29, 0.717) is 17.2 Å². The Labute approximate surface area is 184 Å². The Kier molecular flexibility index (Phi) is 8.10. The molecule has 0 saturated carbocycles. The predicted octanol–water partition coefficient (Wildman–Crippen LogP) is 4.23. The van der Waals surface area contributed by atoms with Crippen molar-refractivity contribution in [3.63, 3.8) is 0 Å². The van der Waals surface area contributed by atoms with Gasteiger partial charge in [-0.15, -0.1) is 12.4 Å². The minimum atomic E-state index is -0.482. The fourth-order valence-electron chi connectivity index (χ4n) is 2.85. The molecule has 0 fully saturated rings. The van der Waals surface area contributed by atoms with Crippen LogP contribution in [0.25, 0.3) is 10.2 Å². The highest BCUT2D eigenvalue weighted by molar-refractivity contribution is 7.22. The summed E-state index contributed by atoms with van der Waals surface area (Å²) in [6, 6.07) is 11.2. The van der Waals surface area contributed by atoms with E-state index in [1.54, 1.807) is 12.0 Å². The molecule has 0 unspecified atom stereocenters. The van der Waals surface area contributed by atoms with Gasteiger partial charge in [0.05, 0.1) is 22.2 Å². The third-order valence-electron chi connectivity index (χ3n) is 4.37. The van der Waals surface area contributed by atoms with E-state index >= 15 is 0 Å². The van der Waals surface area contributed by atoms with Crippen LogP contribution in [0.3, 0.4) is 0 Å². The second kappa shape index (κ2) is 10.3. The molecule has 3 aromatic rings. The van der Waals surface area contributed by atoms with Crippen LogP contribution in [0.1, 0.15) is 16.8 Å². The molecule has 1 aromatic heterocycles. The Balaban J connectivity index is 0.00000320. The molecule has 0 saturated heterocycles. The highest BCUT2D eigenvalue weighted by Gasteiger charge is 2.22. The van der Waals surface area contributed by atoms with Crippen LogP contribution >= 0.6 is 23.7 Å². The number of aromatic nitrogens is 1. The zero-order valence-corrected chi connectivity index (χ0v) is 18.5. The maximum atomic E-state index is 13.2. The van der Waals surface area contributed by atoms with E-state index in [1.807, 2.05) is 32.3 Å². The number of carbonyl (C=O) groups excluding carboxylic acids is 1. The van der Waals surface area contributed by atoms with E-state index in [4.69, 9.17) is 4.74 Å². The molecule has 0 aliphatic heterocycles. The molecule has 1 amide bonds. The van der Waals surface area contributed by atoms with Crippen LogP contribution in [-0.4, -0.2) is 55.0 Å². The Morgan fingerprint density at radius 2 is 1.87 bits per heavy atom. The van der Waals surface area contributed by atoms with Gasteiger partial charge in [-0.2, -0.15) is 0 Å². The van der Waals surface area contributed by atoms with Crippen molar-refractivity contribution in [2.75, 3.05) is 39.2 Å². The van der Waals surface area contributed by atoms with Gasteiger partial charge in [-0.3, -0.25) is 19.8 Å². The van der Waals surface area contributed by atoms with E-state index in [1.165, 1.54) is 35.6 Å². The van der Waals surface area contributed by atoms with Gasteiger partial charge in [0.15, 0.2) is 5.13 Å². The number of hydrogen-bond donors (Lipinski definition) is 0. The zero-order chi connectivity index (χ0) is 21.0. The molecule has 2 aromatic carbocycles. The number of methoxy groups -OCH3 is 1. The van der Waals surface area contributed by atoms with Gasteiger partial charge in [-0.05, 0) is 57.4 Å². The Hall–Kier alpha value is -2.75. The van der Waals surface area contributed by atoms with Gasteiger partial charge < -0.3 is 9.64 Å². The van der Waals surface area contributed by atoms with Gasteiger partial charge in [0, 0.05) is 24.2 Å². The number of benzene rings is 2. The second-order valence-electron chi connectivity index (χ2n) is 6.75. The first-order valence-electron chi connectivity index (χ1n) is 9.04. The number of nitro groups is 1. The molecule has 0 spiro atoms. The highest BCUT2D eigenvalue weighted by Crippen LogP contribution is 2.32. The summed E-state index contributed by atoms with van der Waals surface area (Å²) < 4.78 is 6.19. The third-order valence-corrected chi connectivity index (χ3v) is 5.41. The number of thiazole rings is 1. The number of non-ortho nitro benzene ring substituents is 1. The van der Waals surface area contributed by atoms with E-state index in [9.17, 15) is 14.9 Å². The summed E-state index contributed by atoms with van der Waals surface area (Å²) in [6.45, 7) is 1.31. The number of anilines is 1. The van der Waals surface area contributed by atoms with Crippen molar-refractivity contribution in [3.8, 4) is 5.75 Å². The first kappa shape index (κ1) is 23.5. The van der Waals surface area contributed by atoms with Crippen LogP contribution in [0.5, 0.6) is 5.75 Å². The molecule has 1 heterocycles. The average molecular weight is 451 g/mol. The second-order valence-corrected chi connectivity index (χ2v) is 7.76. The molecule has 160 valence electrons. The lowest BCUT2D eigenvalue weighted by Crippen LogP contribution is -2.33. The molecule has 30 heavy (non-hydrogen) atoms. The molecule has 0 N–H and O–H groups in total. The van der Waals surface area contributed by atoms with Crippen LogP contribution in [0.4, 0.5) is 10.8 Å². The van der Waals surface area contributed by atoms with Crippen LogP contribution in [0.2, 0.25) is 0 Å². The normalized spacial score (nSPS) is 10.7. The summed E-state index contributed by atoms with van der Waals surface area (Å²) >= 11 is 1.42. The molecule has 0 atom stereocenters. The minimum absolute atomic E-state index is 0. The quantitative estimate of drug-likeness (QED) is 0.377. The first-order valence-corrected chi connectivity index (χ1v) is 9.86. The third kappa shape index (κ3) is 5.44. The van der Waals surface area contributed by atoms with Crippen molar-refractivity contribution in [2.24, 2.45) is 0 Å². The van der Waals surface area contributed by atoms with Gasteiger partial charge in [0.1, 0.15) is 5.75 Å². The number of fused-ring (bicyclic) bond motifs is 1. The number of carbonyl (C=O) groups is 1. The minimum Gasteiger partial charge on any atom is -0.497 e. The molecule has 0 radical (unpaired) electrons. The SMILES string of the molecule is COc1ccc2nc(N(CCCN(C)C)C(=O)c3ccc([N+](=O)[O-])cc3)sc2c1.Cl. The number of halogens is 1. The van der Waals surface area contributed by atoms with E-state index in [2.05, 4.69) is 9.88 Å². The van der Waals surface area contributed by atoms with Gasteiger partial charge >= 0.3 is 0 Å². The molecule has 0 bridgehead atoms. The maximum Gasteiger partial charge on any atom is 0.269 e. The van der Waals surface area contributed by atoms with Crippen LogP contribution in [0, 0.1) is 10.1 Å². The molecule has 0 aliphatic rings. The lowest BCUT2D eigenvalue weighted by molar-refractivity contribution is -0.384. The molecular weight excluding hydrogens is 428 g/mol. The smallest absolute Gasteiger partial charge is 0.269 e. The monoisotopic (exact) mass is 450 g/mol. The topological polar surface area (TPSA) is 88.8 Å². The van der Waals surface area contributed by atoms with Crippen LogP contribution < -0.4 is 9.64 Å². The number of rotatable bonds is 8. The van der Waals surface area contributed by atoms with Gasteiger partial charge in [-0.1, -0.05) is 11.3 Å². The van der Waals surface area contributed by atoms with Gasteiger partial charge in [0.2, 0.25) is 0 Å². The molecular formula is C20H23ClN4O4S. The summed E-state index contributed by atoms with van der Waals surface area (Å²) in [4.78, 5) is 31.9. The summed E-state index contributed by atoms with van der Waals surface area (Å²) in [5.74, 6) is 0.498. The number of nitro benzene ring substituents is 1. The van der Waals surface area contributed by atoms with Crippen LogP contribution in [-0.2, 0) is 0 Å². The molecule has 3 rings (SSSR count). The average Bonchev–Trinajstić information content (AvgIpc) is 3.13. The first-order chi connectivity index (χ1) is 13.9. The van der Waals surface area contributed by atoms with Crippen molar-refractivity contribution in [3.05, 3.63) is 58.1 Å². The van der Waals surface area contributed by atoms with Crippen molar-refractivity contribution >= 4 is 50.7 Å². The largest absolute Gasteiger partial charge is 0.497 e. The maximum absolute atomic E-state index is 13.2. The number of amides is 1. The lowest BCUT2D eigenvalue weighted by atomic mass is 10.2. The summed E-state index contributed by atoms with van der Waals surface area (Å²) in [5, 5.41) is 11.5. The number of ether oxygens (including phenoxy) is 1. The Morgan fingerprint density at radius 1 is 1.17 bits per heavy atom. The van der Waals surface area contributed by atoms with E-state index < -0.39 is 4.92 Å². The van der Waals surface area contributed by atoms with E-state index in [-0.39, 0.29) is 24.0 Å². The number of nitrogens with zero attached hydrogens (tertiary/aromatic N) is 4. The lowest BCUT2D eigenvalue weighted by Gasteiger charge is -2.21. The Morgan fingerprint density at radius 3 is 2.47 bits per heavy atom. The van der Waals surface area contributed by atoms with E-state index in [0.717, 1.165) is 28.9 Å². The molecule has 0 aliphatic carbocycles. The fraction of sp³-hybridized carbons (Fsp3) is 0.300. The van der Waals surface area contributed by atoms with Crippen LogP contribution in [0.15, 0.2) is 42.5 Å². The Bertz CT molecular complexity index is 1020. The number of hydrogen-bond acceptors (Lipinski definition) is 7. The van der Waals surface area contributed by atoms with Gasteiger partial charge in [-0.25, -0.2) is 4.98 Å². The summed E-state index contributed by atoms with van der Waals surface area (Å²) in [7, 11) is 5.56. The van der Waals surface area contributed by atoms with Crippen molar-refractivity contribution in [2.45, 2.75) is 6.42 Å². The molecule has 10 heteroatoms. The zero-order valence-electron chi connectivity index (χ0n) is 16.9.